The summed E-state index contributed by atoms with van der Waals surface area (Å²) in [6.45, 7) is -1.15. The van der Waals surface area contributed by atoms with Gasteiger partial charge in [0, 0.05) is 6.54 Å². The van der Waals surface area contributed by atoms with Gasteiger partial charge < -0.3 is 10.1 Å². The lowest BCUT2D eigenvalue weighted by atomic mass is 10.1. The Balaban J connectivity index is 1.97. The van der Waals surface area contributed by atoms with Crippen LogP contribution in [0.3, 0.4) is 0 Å². The molecule has 1 aliphatic rings. The van der Waals surface area contributed by atoms with Gasteiger partial charge in [-0.2, -0.15) is 8.78 Å². The second-order valence-corrected chi connectivity index (χ2v) is 6.78. The first-order chi connectivity index (χ1) is 10.4. The number of benzene rings is 1. The van der Waals surface area contributed by atoms with E-state index in [1.807, 2.05) is 0 Å². The van der Waals surface area contributed by atoms with E-state index in [1.54, 1.807) is 0 Å². The van der Waals surface area contributed by atoms with E-state index in [1.165, 1.54) is 0 Å². The topological polar surface area (TPSA) is 67.4 Å². The molecular formula is C13H17F3N2O3S. The van der Waals surface area contributed by atoms with Crippen LogP contribution in [-0.4, -0.2) is 34.7 Å². The molecule has 1 aliphatic heterocycles. The predicted molar refractivity (Wildman–Crippen MR) is 73.8 cm³/mol. The SMILES string of the molecule is O=S(=O)(NCCC1CCNC1)c1ccc(OC(F)F)c(F)c1. The second kappa shape index (κ2) is 7.30. The summed E-state index contributed by atoms with van der Waals surface area (Å²) in [5, 5.41) is 3.18. The maximum atomic E-state index is 13.5. The van der Waals surface area contributed by atoms with E-state index in [0.717, 1.165) is 31.6 Å². The fourth-order valence-corrected chi connectivity index (χ4v) is 3.34. The summed E-state index contributed by atoms with van der Waals surface area (Å²) in [6, 6.07) is 2.56. The van der Waals surface area contributed by atoms with Crippen LogP contribution in [0.1, 0.15) is 12.8 Å². The van der Waals surface area contributed by atoms with Crippen LogP contribution in [0.2, 0.25) is 0 Å². The first kappa shape index (κ1) is 17.0. The van der Waals surface area contributed by atoms with Gasteiger partial charge >= 0.3 is 6.61 Å². The molecule has 0 bridgehead atoms. The monoisotopic (exact) mass is 338 g/mol. The van der Waals surface area contributed by atoms with Gasteiger partial charge in [0.2, 0.25) is 10.0 Å². The highest BCUT2D eigenvalue weighted by Crippen LogP contribution is 2.22. The van der Waals surface area contributed by atoms with E-state index in [2.05, 4.69) is 14.8 Å². The molecule has 0 spiro atoms. The predicted octanol–water partition coefficient (Wildman–Crippen LogP) is 1.70. The average molecular weight is 338 g/mol. The highest BCUT2D eigenvalue weighted by Gasteiger charge is 2.19. The number of rotatable bonds is 7. The van der Waals surface area contributed by atoms with E-state index in [4.69, 9.17) is 0 Å². The Kier molecular flexibility index (Phi) is 5.65. The second-order valence-electron chi connectivity index (χ2n) is 5.02. The molecule has 0 amide bonds. The van der Waals surface area contributed by atoms with Crippen molar-refractivity contribution in [3.8, 4) is 5.75 Å². The summed E-state index contributed by atoms with van der Waals surface area (Å²) in [5.41, 5.74) is 0. The third-order valence-corrected chi connectivity index (χ3v) is 4.90. The largest absolute Gasteiger partial charge is 0.432 e. The first-order valence-corrected chi connectivity index (χ1v) is 8.31. The van der Waals surface area contributed by atoms with Gasteiger partial charge in [0.15, 0.2) is 11.6 Å². The van der Waals surface area contributed by atoms with Crippen molar-refractivity contribution >= 4 is 10.0 Å². The summed E-state index contributed by atoms with van der Waals surface area (Å²) < 4.78 is 67.9. The van der Waals surface area contributed by atoms with Crippen molar-refractivity contribution in [3.63, 3.8) is 0 Å². The van der Waals surface area contributed by atoms with Gasteiger partial charge in [-0.25, -0.2) is 17.5 Å². The summed E-state index contributed by atoms with van der Waals surface area (Å²) >= 11 is 0. The highest BCUT2D eigenvalue weighted by molar-refractivity contribution is 7.89. The Hall–Kier alpha value is -1.32. The standard InChI is InChI=1S/C13H17F3N2O3S/c14-11-7-10(1-2-12(11)21-13(15)16)22(19,20)18-6-4-9-3-5-17-8-9/h1-2,7,9,13,17-18H,3-6,8H2. The Morgan fingerprint density at radius 3 is 2.77 bits per heavy atom. The van der Waals surface area contributed by atoms with Crippen LogP contribution in [0.5, 0.6) is 5.75 Å². The van der Waals surface area contributed by atoms with Crippen molar-refractivity contribution in [2.24, 2.45) is 5.92 Å². The molecular weight excluding hydrogens is 321 g/mol. The first-order valence-electron chi connectivity index (χ1n) is 6.83. The zero-order chi connectivity index (χ0) is 16.2. The quantitative estimate of drug-likeness (QED) is 0.794. The van der Waals surface area contributed by atoms with Gasteiger partial charge in [-0.15, -0.1) is 0 Å². The number of hydrogen-bond acceptors (Lipinski definition) is 4. The van der Waals surface area contributed by atoms with Crippen LogP contribution in [0.4, 0.5) is 13.2 Å². The highest BCUT2D eigenvalue weighted by atomic mass is 32.2. The lowest BCUT2D eigenvalue weighted by Gasteiger charge is -2.11. The number of ether oxygens (including phenoxy) is 1. The molecule has 124 valence electrons. The molecule has 1 saturated heterocycles. The number of alkyl halides is 2. The molecule has 22 heavy (non-hydrogen) atoms. The van der Waals surface area contributed by atoms with E-state index < -0.39 is 28.2 Å². The third-order valence-electron chi connectivity index (χ3n) is 3.44. The van der Waals surface area contributed by atoms with E-state index in [0.29, 0.717) is 18.4 Å². The van der Waals surface area contributed by atoms with Crippen LogP contribution in [0.15, 0.2) is 23.1 Å². The van der Waals surface area contributed by atoms with Crippen molar-refractivity contribution in [2.45, 2.75) is 24.3 Å². The molecule has 1 fully saturated rings. The zero-order valence-corrected chi connectivity index (χ0v) is 12.5. The molecule has 9 heteroatoms. The molecule has 0 aromatic heterocycles. The number of nitrogens with one attached hydrogen (secondary N) is 2. The van der Waals surface area contributed by atoms with Crippen LogP contribution < -0.4 is 14.8 Å². The Morgan fingerprint density at radius 1 is 1.41 bits per heavy atom. The smallest absolute Gasteiger partial charge is 0.387 e. The van der Waals surface area contributed by atoms with Crippen LogP contribution in [0.25, 0.3) is 0 Å². The molecule has 0 aliphatic carbocycles. The molecule has 1 atom stereocenters. The summed E-state index contributed by atoms with van der Waals surface area (Å²) in [7, 11) is -3.87. The summed E-state index contributed by atoms with van der Waals surface area (Å²) in [6.07, 6.45) is 1.68. The molecule has 1 aromatic carbocycles. The molecule has 1 heterocycles. The summed E-state index contributed by atoms with van der Waals surface area (Å²) in [4.78, 5) is -0.323. The molecule has 0 radical (unpaired) electrons. The fraction of sp³-hybridized carbons (Fsp3) is 0.538. The van der Waals surface area contributed by atoms with Gasteiger partial charge in [0.25, 0.3) is 0 Å². The minimum atomic E-state index is -3.87. The minimum Gasteiger partial charge on any atom is -0.432 e. The van der Waals surface area contributed by atoms with Gasteiger partial charge in [-0.1, -0.05) is 0 Å². The van der Waals surface area contributed by atoms with Crippen LogP contribution >= 0.6 is 0 Å². The molecule has 2 N–H and O–H groups in total. The van der Waals surface area contributed by atoms with E-state index in [-0.39, 0.29) is 11.4 Å². The van der Waals surface area contributed by atoms with Gasteiger partial charge in [-0.05, 0) is 50.0 Å². The Bertz CT molecular complexity index is 605. The average Bonchev–Trinajstić information content (AvgIpc) is 2.93. The van der Waals surface area contributed by atoms with Gasteiger partial charge in [0.1, 0.15) is 0 Å². The number of halogens is 3. The number of sulfonamides is 1. The lowest BCUT2D eigenvalue weighted by Crippen LogP contribution is -2.26. The molecule has 0 saturated carbocycles. The summed E-state index contributed by atoms with van der Waals surface area (Å²) in [5.74, 6) is -1.42. The van der Waals surface area contributed by atoms with E-state index >= 15 is 0 Å². The normalized spacial score (nSPS) is 18.8. The Labute approximate surface area is 126 Å². The van der Waals surface area contributed by atoms with Crippen LogP contribution in [0, 0.1) is 11.7 Å². The van der Waals surface area contributed by atoms with E-state index in [9.17, 15) is 21.6 Å². The fourth-order valence-electron chi connectivity index (χ4n) is 2.28. The lowest BCUT2D eigenvalue weighted by molar-refractivity contribution is -0.0522. The minimum absolute atomic E-state index is 0.242. The van der Waals surface area contributed by atoms with Crippen LogP contribution in [-0.2, 0) is 10.0 Å². The van der Waals surface area contributed by atoms with Crippen molar-refractivity contribution in [3.05, 3.63) is 24.0 Å². The third kappa shape index (κ3) is 4.59. The van der Waals surface area contributed by atoms with Crippen molar-refractivity contribution < 1.29 is 26.3 Å². The van der Waals surface area contributed by atoms with Gasteiger partial charge in [-0.3, -0.25) is 0 Å². The van der Waals surface area contributed by atoms with Crippen molar-refractivity contribution in [1.29, 1.82) is 0 Å². The maximum Gasteiger partial charge on any atom is 0.387 e. The van der Waals surface area contributed by atoms with Gasteiger partial charge in [0.05, 0.1) is 4.90 Å². The maximum absolute atomic E-state index is 13.5. The number of hydrogen-bond donors (Lipinski definition) is 2. The molecule has 1 unspecified atom stereocenters. The van der Waals surface area contributed by atoms with Crippen molar-refractivity contribution in [2.75, 3.05) is 19.6 Å². The zero-order valence-electron chi connectivity index (χ0n) is 11.7. The molecule has 5 nitrogen and oxygen atoms in total. The molecule has 2 rings (SSSR count). The molecule has 1 aromatic rings. The van der Waals surface area contributed by atoms with Crippen molar-refractivity contribution in [1.82, 2.24) is 10.0 Å². The Morgan fingerprint density at radius 2 is 2.18 bits per heavy atom.